The number of amides is 1. The molecular weight excluding hydrogens is 839 g/mol. The van der Waals surface area contributed by atoms with E-state index in [1.807, 2.05) is 6.08 Å². The van der Waals surface area contributed by atoms with Crippen LogP contribution in [0.15, 0.2) is 109 Å². The molecule has 0 aromatic carbocycles. The zero-order valence-corrected chi connectivity index (χ0v) is 42.1. The van der Waals surface area contributed by atoms with Gasteiger partial charge in [-0.05, 0) is 83.5 Å². The van der Waals surface area contributed by atoms with Crippen LogP contribution < -0.4 is 5.32 Å². The fourth-order valence-corrected chi connectivity index (χ4v) is 7.64. The Balaban J connectivity index is 2.25. The largest absolute Gasteiger partial charge is 0.394 e. The fraction of sp³-hybridized carbons (Fsp3) is 0.672. The van der Waals surface area contributed by atoms with Crippen molar-refractivity contribution in [3.8, 4) is 0 Å². The standard InChI is InChI=1S/C58H97NO8/c1-3-5-7-9-11-13-15-17-18-19-20-21-22-23-24-25-26-27-28-29-30-31-32-33-34-36-38-40-42-44-46-48-54(62)59-51(50-66-58-57(65)56(64)55(63)53(49-60)67-58)52(61)47-45-43-41-39-37-35-16-14-12-10-8-6-4-2/h5,7,11,13,17-18,20-21,23-24,26-27,29-30,32-33,45,47,51-53,55-58,60-61,63-65H,3-4,6,8-10,12,14-16,19,22,25,28,31,34-44,46,48-50H2,1-2H3,(H,59,62)/b7-5-,13-11-,18-17-,21-20-,24-23-,27-26-,30-29-,33-32-,47-45+. The number of nitrogens with one attached hydrogen (secondary N) is 1. The van der Waals surface area contributed by atoms with Gasteiger partial charge >= 0.3 is 0 Å². The first-order valence-electron chi connectivity index (χ1n) is 26.6. The monoisotopic (exact) mass is 936 g/mol. The summed E-state index contributed by atoms with van der Waals surface area (Å²) < 4.78 is 11.2. The van der Waals surface area contributed by atoms with E-state index in [0.717, 1.165) is 116 Å². The second-order valence-corrected chi connectivity index (χ2v) is 17.9. The Bertz CT molecular complexity index is 1410. The normalized spacial score (nSPS) is 20.6. The molecule has 9 nitrogen and oxygen atoms in total. The third-order valence-corrected chi connectivity index (χ3v) is 11.9. The van der Waals surface area contributed by atoms with Crippen LogP contribution in [0, 0.1) is 0 Å². The van der Waals surface area contributed by atoms with Gasteiger partial charge in [0.1, 0.15) is 24.4 Å². The molecule has 0 spiro atoms. The number of carbonyl (C=O) groups excluding carboxylic acids is 1. The summed E-state index contributed by atoms with van der Waals surface area (Å²) >= 11 is 0. The van der Waals surface area contributed by atoms with Gasteiger partial charge in [0, 0.05) is 6.42 Å². The lowest BCUT2D eigenvalue weighted by molar-refractivity contribution is -0.302. The molecule has 0 aromatic heterocycles. The Morgan fingerprint density at radius 2 is 0.925 bits per heavy atom. The predicted molar refractivity (Wildman–Crippen MR) is 281 cm³/mol. The number of carbonyl (C=O) groups is 1. The molecule has 0 saturated carbocycles. The van der Waals surface area contributed by atoms with E-state index in [1.165, 1.54) is 57.8 Å². The Kier molecular flexibility index (Phi) is 43.0. The molecular formula is C58H97NO8. The molecule has 67 heavy (non-hydrogen) atoms. The van der Waals surface area contributed by atoms with Gasteiger partial charge in [0.15, 0.2) is 6.29 Å². The van der Waals surface area contributed by atoms with Crippen LogP contribution >= 0.6 is 0 Å². The zero-order chi connectivity index (χ0) is 48.7. The highest BCUT2D eigenvalue weighted by molar-refractivity contribution is 5.76. The number of aliphatic hydroxyl groups is 5. The Morgan fingerprint density at radius 3 is 1.37 bits per heavy atom. The maximum atomic E-state index is 13.0. The molecule has 7 atom stereocenters. The summed E-state index contributed by atoms with van der Waals surface area (Å²) in [5, 5.41) is 54.3. The predicted octanol–water partition coefficient (Wildman–Crippen LogP) is 12.6. The highest BCUT2D eigenvalue weighted by atomic mass is 16.7. The summed E-state index contributed by atoms with van der Waals surface area (Å²) in [5.74, 6) is -0.197. The Hall–Kier alpha value is -3.15. The Morgan fingerprint density at radius 1 is 0.522 bits per heavy atom. The molecule has 0 aliphatic carbocycles. The highest BCUT2D eigenvalue weighted by Crippen LogP contribution is 2.22. The minimum absolute atomic E-state index is 0.197. The molecule has 0 radical (unpaired) electrons. The van der Waals surface area contributed by atoms with Crippen LogP contribution in [0.1, 0.15) is 194 Å². The number of allylic oxidation sites excluding steroid dienone is 17. The van der Waals surface area contributed by atoms with Crippen molar-refractivity contribution < 1.29 is 39.8 Å². The summed E-state index contributed by atoms with van der Waals surface area (Å²) in [5.41, 5.74) is 0. The molecule has 1 aliphatic rings. The summed E-state index contributed by atoms with van der Waals surface area (Å²) in [7, 11) is 0. The topological polar surface area (TPSA) is 149 Å². The van der Waals surface area contributed by atoms with E-state index in [0.29, 0.717) is 6.42 Å². The lowest BCUT2D eigenvalue weighted by atomic mass is 9.99. The molecule has 0 aromatic rings. The first-order chi connectivity index (χ1) is 32.8. The molecule has 0 bridgehead atoms. The van der Waals surface area contributed by atoms with Gasteiger partial charge in [0.2, 0.25) is 5.91 Å². The second-order valence-electron chi connectivity index (χ2n) is 17.9. The number of aliphatic hydroxyl groups excluding tert-OH is 5. The summed E-state index contributed by atoms with van der Waals surface area (Å²) in [6, 6.07) is -0.820. The maximum absolute atomic E-state index is 13.0. The first kappa shape index (κ1) is 61.9. The minimum Gasteiger partial charge on any atom is -0.394 e. The fourth-order valence-electron chi connectivity index (χ4n) is 7.64. The van der Waals surface area contributed by atoms with Crippen LogP contribution in [-0.2, 0) is 14.3 Å². The van der Waals surface area contributed by atoms with Gasteiger partial charge in [-0.3, -0.25) is 4.79 Å². The number of ether oxygens (including phenoxy) is 2. The van der Waals surface area contributed by atoms with Crippen molar-refractivity contribution in [2.45, 2.75) is 236 Å². The highest BCUT2D eigenvalue weighted by Gasteiger charge is 2.44. The molecule has 1 heterocycles. The lowest BCUT2D eigenvalue weighted by Gasteiger charge is -2.40. The maximum Gasteiger partial charge on any atom is 0.220 e. The number of unbranched alkanes of at least 4 members (excludes halogenated alkanes) is 17. The quantitative estimate of drug-likeness (QED) is 0.0261. The van der Waals surface area contributed by atoms with Crippen LogP contribution in [0.3, 0.4) is 0 Å². The molecule has 1 amide bonds. The number of rotatable bonds is 43. The van der Waals surface area contributed by atoms with Crippen molar-refractivity contribution in [1.29, 1.82) is 0 Å². The zero-order valence-electron chi connectivity index (χ0n) is 42.1. The summed E-state index contributed by atoms with van der Waals surface area (Å²) in [4.78, 5) is 13.0. The average Bonchev–Trinajstić information content (AvgIpc) is 3.33. The van der Waals surface area contributed by atoms with E-state index in [9.17, 15) is 30.3 Å². The molecule has 382 valence electrons. The number of hydrogen-bond donors (Lipinski definition) is 6. The van der Waals surface area contributed by atoms with E-state index < -0.39 is 49.5 Å². The van der Waals surface area contributed by atoms with Crippen LogP contribution in [0.25, 0.3) is 0 Å². The second kappa shape index (κ2) is 46.6. The average molecular weight is 936 g/mol. The lowest BCUT2D eigenvalue weighted by Crippen LogP contribution is -2.60. The van der Waals surface area contributed by atoms with Gasteiger partial charge in [0.25, 0.3) is 0 Å². The van der Waals surface area contributed by atoms with Gasteiger partial charge in [-0.2, -0.15) is 0 Å². The van der Waals surface area contributed by atoms with Gasteiger partial charge in [-0.15, -0.1) is 0 Å². The summed E-state index contributed by atoms with van der Waals surface area (Å²) in [6.45, 7) is 3.63. The molecule has 1 saturated heterocycles. The smallest absolute Gasteiger partial charge is 0.220 e. The first-order valence-corrected chi connectivity index (χ1v) is 26.6. The molecule has 6 N–H and O–H groups in total. The third-order valence-electron chi connectivity index (χ3n) is 11.9. The van der Waals surface area contributed by atoms with E-state index in [2.05, 4.69) is 116 Å². The Labute approximate surface area is 408 Å². The van der Waals surface area contributed by atoms with E-state index in [1.54, 1.807) is 6.08 Å². The molecule has 9 heteroatoms. The van der Waals surface area contributed by atoms with Crippen LogP contribution in [0.2, 0.25) is 0 Å². The van der Waals surface area contributed by atoms with Crippen molar-refractivity contribution in [2.24, 2.45) is 0 Å². The van der Waals surface area contributed by atoms with Gasteiger partial charge in [0.05, 0.1) is 25.4 Å². The van der Waals surface area contributed by atoms with Crippen LogP contribution in [-0.4, -0.2) is 87.5 Å². The van der Waals surface area contributed by atoms with E-state index in [-0.39, 0.29) is 12.5 Å². The van der Waals surface area contributed by atoms with Gasteiger partial charge in [-0.25, -0.2) is 0 Å². The van der Waals surface area contributed by atoms with Crippen LogP contribution in [0.4, 0.5) is 0 Å². The SMILES string of the molecule is CC/C=C\C/C=C\C/C=C\C/C=C\C/C=C\C/C=C\C/C=C\C/C=C\CCCCCCCCC(=O)NC(COC1OC(CO)C(O)C(O)C1O)C(O)/C=C/CCCCCCCCCCCCC. The van der Waals surface area contributed by atoms with E-state index >= 15 is 0 Å². The van der Waals surface area contributed by atoms with Crippen molar-refractivity contribution in [1.82, 2.24) is 5.32 Å². The van der Waals surface area contributed by atoms with Gasteiger partial charge in [-0.1, -0.05) is 213 Å². The van der Waals surface area contributed by atoms with Crippen molar-refractivity contribution >= 4 is 5.91 Å². The minimum atomic E-state index is -1.57. The number of hydrogen-bond acceptors (Lipinski definition) is 8. The van der Waals surface area contributed by atoms with Crippen molar-refractivity contribution in [3.05, 3.63) is 109 Å². The van der Waals surface area contributed by atoms with Crippen LogP contribution in [0.5, 0.6) is 0 Å². The van der Waals surface area contributed by atoms with Crippen molar-refractivity contribution in [3.63, 3.8) is 0 Å². The molecule has 1 fully saturated rings. The molecule has 7 unspecified atom stereocenters. The van der Waals surface area contributed by atoms with Gasteiger partial charge < -0.3 is 40.3 Å². The third kappa shape index (κ3) is 36.5. The molecule has 1 aliphatic heterocycles. The molecule has 1 rings (SSSR count). The summed E-state index contributed by atoms with van der Waals surface area (Å²) in [6.07, 6.45) is 61.4. The van der Waals surface area contributed by atoms with E-state index in [4.69, 9.17) is 9.47 Å². The van der Waals surface area contributed by atoms with Crippen molar-refractivity contribution in [2.75, 3.05) is 13.2 Å².